The fraction of sp³-hybridized carbons (Fsp3) is 0.435. The zero-order chi connectivity index (χ0) is 21.2. The predicted molar refractivity (Wildman–Crippen MR) is 113 cm³/mol. The molecular formula is C23H25FN4O3. The summed E-state index contributed by atoms with van der Waals surface area (Å²) in [7, 11) is 0. The minimum atomic E-state index is -0.880. The van der Waals surface area contributed by atoms with Gasteiger partial charge < -0.3 is 19.4 Å². The lowest BCUT2D eigenvalue weighted by atomic mass is 9.89. The number of nitrogens with zero attached hydrogens (tertiary/aromatic N) is 3. The van der Waals surface area contributed by atoms with Crippen LogP contribution in [0.2, 0.25) is 0 Å². The maximum atomic E-state index is 12.8. The molecule has 1 N–H and O–H groups in total. The molecule has 1 aromatic carbocycles. The Labute approximate surface area is 179 Å². The smallest absolute Gasteiger partial charge is 0.253 e. The predicted octanol–water partition coefficient (Wildman–Crippen LogP) is 3.79. The van der Waals surface area contributed by atoms with E-state index in [2.05, 4.69) is 16.0 Å². The molecule has 4 heterocycles. The molecule has 1 amide bonds. The normalized spacial score (nSPS) is 19.8. The van der Waals surface area contributed by atoms with E-state index in [-0.39, 0.29) is 5.91 Å². The first-order chi connectivity index (χ1) is 15.2. The lowest BCUT2D eigenvalue weighted by Crippen LogP contribution is -2.37. The molecule has 2 aromatic heterocycles. The summed E-state index contributed by atoms with van der Waals surface area (Å²) in [6.45, 7) is 1.97. The van der Waals surface area contributed by atoms with Crippen molar-refractivity contribution in [3.8, 4) is 5.75 Å². The van der Waals surface area contributed by atoms with Gasteiger partial charge in [0, 0.05) is 37.4 Å². The SMILES string of the molecule is O=C(c1ccc(OCF)cc1)N1CCC(c2ccnc3[nH]c(C4CCOC4)nc23)CC1. The van der Waals surface area contributed by atoms with E-state index in [0.29, 0.717) is 42.8 Å². The number of alkyl halides is 1. The number of carbonyl (C=O) groups is 1. The Morgan fingerprint density at radius 2 is 1.97 bits per heavy atom. The van der Waals surface area contributed by atoms with Crippen molar-refractivity contribution in [1.29, 1.82) is 0 Å². The average Bonchev–Trinajstić information content (AvgIpc) is 3.49. The molecule has 0 spiro atoms. The van der Waals surface area contributed by atoms with Gasteiger partial charge in [-0.05, 0) is 61.1 Å². The zero-order valence-electron chi connectivity index (χ0n) is 17.2. The summed E-state index contributed by atoms with van der Waals surface area (Å²) < 4.78 is 22.6. The molecule has 1 unspecified atom stereocenters. The van der Waals surface area contributed by atoms with Gasteiger partial charge in [-0.2, -0.15) is 0 Å². The lowest BCUT2D eigenvalue weighted by Gasteiger charge is -2.32. The topological polar surface area (TPSA) is 80.3 Å². The van der Waals surface area contributed by atoms with Crippen molar-refractivity contribution in [3.05, 3.63) is 53.5 Å². The minimum Gasteiger partial charge on any atom is -0.463 e. The van der Waals surface area contributed by atoms with Gasteiger partial charge in [-0.1, -0.05) is 0 Å². The number of carbonyl (C=O) groups excluding carboxylic acids is 1. The molecular weight excluding hydrogens is 399 g/mol. The fourth-order valence-electron chi connectivity index (χ4n) is 4.55. The molecule has 2 aliphatic rings. The van der Waals surface area contributed by atoms with Crippen LogP contribution >= 0.6 is 0 Å². The second-order valence-corrected chi connectivity index (χ2v) is 8.12. The van der Waals surface area contributed by atoms with Gasteiger partial charge in [-0.3, -0.25) is 4.79 Å². The minimum absolute atomic E-state index is 0.00610. The molecule has 0 aliphatic carbocycles. The number of imidazole rings is 1. The molecule has 8 heteroatoms. The van der Waals surface area contributed by atoms with E-state index in [1.54, 1.807) is 24.3 Å². The highest BCUT2D eigenvalue weighted by molar-refractivity contribution is 5.94. The van der Waals surface area contributed by atoms with Crippen molar-refractivity contribution in [2.75, 3.05) is 33.2 Å². The molecule has 7 nitrogen and oxygen atoms in total. The number of aromatic amines is 1. The second kappa shape index (κ2) is 8.63. The summed E-state index contributed by atoms with van der Waals surface area (Å²) in [6, 6.07) is 8.67. The quantitative estimate of drug-likeness (QED) is 0.674. The molecule has 2 saturated heterocycles. The van der Waals surface area contributed by atoms with Gasteiger partial charge in [0.25, 0.3) is 5.91 Å². The highest BCUT2D eigenvalue weighted by atomic mass is 19.1. The third-order valence-corrected chi connectivity index (χ3v) is 6.30. The van der Waals surface area contributed by atoms with Gasteiger partial charge in [0.05, 0.1) is 6.61 Å². The van der Waals surface area contributed by atoms with Gasteiger partial charge in [0.1, 0.15) is 17.1 Å². The van der Waals surface area contributed by atoms with E-state index in [0.717, 1.165) is 42.9 Å². The number of fused-ring (bicyclic) bond motifs is 1. The number of amides is 1. The number of halogens is 1. The summed E-state index contributed by atoms with van der Waals surface area (Å²) in [5, 5.41) is 0. The van der Waals surface area contributed by atoms with Gasteiger partial charge >= 0.3 is 0 Å². The summed E-state index contributed by atoms with van der Waals surface area (Å²) in [6.07, 6.45) is 4.57. The molecule has 31 heavy (non-hydrogen) atoms. The van der Waals surface area contributed by atoms with Gasteiger partial charge in [-0.15, -0.1) is 0 Å². The molecule has 3 aromatic rings. The second-order valence-electron chi connectivity index (χ2n) is 8.12. The largest absolute Gasteiger partial charge is 0.463 e. The Morgan fingerprint density at radius 1 is 1.16 bits per heavy atom. The highest BCUT2D eigenvalue weighted by Crippen LogP contribution is 2.33. The number of aromatic nitrogens is 3. The van der Waals surface area contributed by atoms with Gasteiger partial charge in [0.15, 0.2) is 5.65 Å². The van der Waals surface area contributed by atoms with E-state index in [1.807, 2.05) is 11.1 Å². The number of nitrogens with one attached hydrogen (secondary N) is 1. The number of H-pyrrole nitrogens is 1. The number of hydrogen-bond donors (Lipinski definition) is 1. The van der Waals surface area contributed by atoms with Crippen LogP contribution in [-0.2, 0) is 4.74 Å². The number of hydrogen-bond acceptors (Lipinski definition) is 5. The first-order valence-electron chi connectivity index (χ1n) is 10.7. The maximum Gasteiger partial charge on any atom is 0.253 e. The number of rotatable bonds is 5. The van der Waals surface area contributed by atoms with Crippen LogP contribution in [0.5, 0.6) is 5.75 Å². The monoisotopic (exact) mass is 424 g/mol. The Morgan fingerprint density at radius 3 is 2.68 bits per heavy atom. The Bertz CT molecular complexity index is 1050. The van der Waals surface area contributed by atoms with Crippen LogP contribution in [0.25, 0.3) is 11.2 Å². The standard InChI is InChI=1S/C23H25FN4O3/c24-14-31-18-3-1-16(2-4-18)23(29)28-10-6-15(7-11-28)19-5-9-25-22-20(19)26-21(27-22)17-8-12-30-13-17/h1-5,9,15,17H,6-8,10-14H2,(H,25,26,27). The molecule has 162 valence electrons. The van der Waals surface area contributed by atoms with Crippen LogP contribution in [0.15, 0.2) is 36.5 Å². The number of ether oxygens (including phenoxy) is 2. The van der Waals surface area contributed by atoms with Crippen molar-refractivity contribution >= 4 is 17.1 Å². The van der Waals surface area contributed by atoms with Gasteiger partial charge in [-0.25, -0.2) is 14.4 Å². The molecule has 1 atom stereocenters. The summed E-state index contributed by atoms with van der Waals surface area (Å²) in [5.74, 6) is 2.02. The fourth-order valence-corrected chi connectivity index (χ4v) is 4.55. The average molecular weight is 424 g/mol. The van der Waals surface area contributed by atoms with Crippen LogP contribution in [0, 0.1) is 0 Å². The Hall–Kier alpha value is -3.00. The third-order valence-electron chi connectivity index (χ3n) is 6.30. The van der Waals surface area contributed by atoms with Crippen LogP contribution in [-0.4, -0.2) is 58.9 Å². The number of benzene rings is 1. The van der Waals surface area contributed by atoms with Crippen molar-refractivity contribution < 1.29 is 18.7 Å². The molecule has 2 aliphatic heterocycles. The summed E-state index contributed by atoms with van der Waals surface area (Å²) >= 11 is 0. The number of likely N-dealkylation sites (tertiary alicyclic amines) is 1. The van der Waals surface area contributed by atoms with E-state index in [9.17, 15) is 9.18 Å². The molecule has 0 saturated carbocycles. The summed E-state index contributed by atoms with van der Waals surface area (Å²) in [4.78, 5) is 27.5. The molecule has 0 radical (unpaired) electrons. The zero-order valence-corrected chi connectivity index (χ0v) is 17.2. The van der Waals surface area contributed by atoms with Crippen molar-refractivity contribution in [2.45, 2.75) is 31.1 Å². The van der Waals surface area contributed by atoms with Gasteiger partial charge in [0.2, 0.25) is 6.86 Å². The first-order valence-corrected chi connectivity index (χ1v) is 10.7. The van der Waals surface area contributed by atoms with E-state index in [4.69, 9.17) is 14.5 Å². The molecule has 0 bridgehead atoms. The van der Waals surface area contributed by atoms with E-state index >= 15 is 0 Å². The van der Waals surface area contributed by atoms with Crippen LogP contribution in [0.4, 0.5) is 4.39 Å². The Balaban J connectivity index is 1.28. The van der Waals surface area contributed by atoms with Crippen LogP contribution in [0.1, 0.15) is 52.8 Å². The summed E-state index contributed by atoms with van der Waals surface area (Å²) in [5.41, 5.74) is 3.56. The van der Waals surface area contributed by atoms with Crippen molar-refractivity contribution in [3.63, 3.8) is 0 Å². The Kier molecular flexibility index (Phi) is 5.55. The number of pyridine rings is 1. The highest BCUT2D eigenvalue weighted by Gasteiger charge is 2.28. The lowest BCUT2D eigenvalue weighted by molar-refractivity contribution is 0.0713. The molecule has 2 fully saturated rings. The maximum absolute atomic E-state index is 12.8. The molecule has 5 rings (SSSR count). The van der Waals surface area contributed by atoms with E-state index < -0.39 is 6.86 Å². The van der Waals surface area contributed by atoms with E-state index in [1.165, 1.54) is 5.56 Å². The third kappa shape index (κ3) is 3.99. The van der Waals surface area contributed by atoms with Crippen LogP contribution in [0.3, 0.4) is 0 Å². The van der Waals surface area contributed by atoms with Crippen molar-refractivity contribution in [1.82, 2.24) is 19.9 Å². The number of piperidine rings is 1. The first kappa shape index (κ1) is 19.9. The van der Waals surface area contributed by atoms with Crippen LogP contribution < -0.4 is 4.74 Å². The van der Waals surface area contributed by atoms with Crippen molar-refractivity contribution in [2.24, 2.45) is 0 Å².